The molecule has 0 bridgehead atoms. The van der Waals surface area contributed by atoms with Crippen LogP contribution in [0.4, 0.5) is 0 Å². The Morgan fingerprint density at radius 1 is 1.36 bits per heavy atom. The van der Waals surface area contributed by atoms with Gasteiger partial charge < -0.3 is 9.84 Å². The zero-order chi connectivity index (χ0) is 9.11. The van der Waals surface area contributed by atoms with Crippen molar-refractivity contribution in [3.8, 4) is 0 Å². The van der Waals surface area contributed by atoms with Gasteiger partial charge >= 0.3 is 5.97 Å². The van der Waals surface area contributed by atoms with E-state index in [1.807, 2.05) is 13.8 Å². The minimum absolute atomic E-state index is 0.0880. The van der Waals surface area contributed by atoms with E-state index in [1.165, 1.54) is 0 Å². The number of rotatable bonds is 3. The van der Waals surface area contributed by atoms with Crippen molar-refractivity contribution in [3.05, 3.63) is 0 Å². The Morgan fingerprint density at radius 2 is 1.82 bits per heavy atom. The third-order valence-electron chi connectivity index (χ3n) is 0.759. The SMILES string of the molecule is CCCC(=O)OCC.CCO. The van der Waals surface area contributed by atoms with Gasteiger partial charge in [-0.3, -0.25) is 4.79 Å². The van der Waals surface area contributed by atoms with Gasteiger partial charge in [0.2, 0.25) is 0 Å². The van der Waals surface area contributed by atoms with Gasteiger partial charge in [-0.05, 0) is 20.3 Å². The van der Waals surface area contributed by atoms with Crippen LogP contribution in [0, 0.1) is 0 Å². The lowest BCUT2D eigenvalue weighted by Crippen LogP contribution is -2.01. The molecule has 0 unspecified atom stereocenters. The molecule has 0 saturated carbocycles. The van der Waals surface area contributed by atoms with E-state index in [1.54, 1.807) is 6.92 Å². The number of esters is 1. The second kappa shape index (κ2) is 12.1. The fourth-order valence-corrected chi connectivity index (χ4v) is 0.437. The van der Waals surface area contributed by atoms with Crippen molar-refractivity contribution in [1.29, 1.82) is 0 Å². The molecular weight excluding hydrogens is 144 g/mol. The van der Waals surface area contributed by atoms with Gasteiger partial charge in [-0.25, -0.2) is 0 Å². The van der Waals surface area contributed by atoms with Crippen LogP contribution in [0.25, 0.3) is 0 Å². The minimum atomic E-state index is -0.0880. The molecule has 0 aromatic carbocycles. The highest BCUT2D eigenvalue weighted by molar-refractivity contribution is 5.69. The maximum absolute atomic E-state index is 10.4. The van der Waals surface area contributed by atoms with E-state index in [4.69, 9.17) is 5.11 Å². The summed E-state index contributed by atoms with van der Waals surface area (Å²) in [4.78, 5) is 10.4. The summed E-state index contributed by atoms with van der Waals surface area (Å²) in [5, 5.41) is 7.57. The van der Waals surface area contributed by atoms with Crippen LogP contribution in [0.3, 0.4) is 0 Å². The van der Waals surface area contributed by atoms with E-state index < -0.39 is 0 Å². The van der Waals surface area contributed by atoms with E-state index >= 15 is 0 Å². The van der Waals surface area contributed by atoms with Crippen LogP contribution in [0.5, 0.6) is 0 Å². The van der Waals surface area contributed by atoms with Crippen LogP contribution in [0.2, 0.25) is 0 Å². The Morgan fingerprint density at radius 3 is 2.09 bits per heavy atom. The fourth-order valence-electron chi connectivity index (χ4n) is 0.437. The molecular formula is C8H18O3. The van der Waals surface area contributed by atoms with Crippen molar-refractivity contribution < 1.29 is 14.6 Å². The molecule has 68 valence electrons. The monoisotopic (exact) mass is 162 g/mol. The van der Waals surface area contributed by atoms with E-state index in [9.17, 15) is 4.79 Å². The fraction of sp³-hybridized carbons (Fsp3) is 0.875. The van der Waals surface area contributed by atoms with Crippen molar-refractivity contribution in [1.82, 2.24) is 0 Å². The normalized spacial score (nSPS) is 8.00. The van der Waals surface area contributed by atoms with Crippen LogP contribution >= 0.6 is 0 Å². The van der Waals surface area contributed by atoms with E-state index in [0.29, 0.717) is 13.0 Å². The van der Waals surface area contributed by atoms with Gasteiger partial charge in [0.25, 0.3) is 0 Å². The van der Waals surface area contributed by atoms with Crippen LogP contribution in [-0.2, 0) is 9.53 Å². The Kier molecular flexibility index (Phi) is 14.4. The molecule has 11 heavy (non-hydrogen) atoms. The second-order valence-corrected chi connectivity index (χ2v) is 1.87. The number of hydrogen-bond donors (Lipinski definition) is 1. The molecule has 0 spiro atoms. The molecule has 1 N–H and O–H groups in total. The standard InChI is InChI=1S/C6H12O2.C2H6O/c1-3-5-6(7)8-4-2;1-2-3/h3-5H2,1-2H3;3H,2H2,1H3. The summed E-state index contributed by atoms with van der Waals surface area (Å²) in [5.74, 6) is -0.0880. The van der Waals surface area contributed by atoms with Gasteiger partial charge in [-0.2, -0.15) is 0 Å². The van der Waals surface area contributed by atoms with Gasteiger partial charge in [-0.1, -0.05) is 6.92 Å². The Balaban J connectivity index is 0. The largest absolute Gasteiger partial charge is 0.466 e. The lowest BCUT2D eigenvalue weighted by atomic mass is 10.3. The average Bonchev–Trinajstić information content (AvgIpc) is 1.90. The molecule has 0 amide bonds. The molecule has 0 heterocycles. The molecule has 3 heteroatoms. The first-order valence-electron chi connectivity index (χ1n) is 3.99. The van der Waals surface area contributed by atoms with E-state index in [0.717, 1.165) is 6.42 Å². The van der Waals surface area contributed by atoms with Gasteiger partial charge in [0.15, 0.2) is 0 Å². The van der Waals surface area contributed by atoms with Crippen molar-refractivity contribution in [2.45, 2.75) is 33.6 Å². The number of hydrogen-bond acceptors (Lipinski definition) is 3. The van der Waals surface area contributed by atoms with Crippen molar-refractivity contribution in [3.63, 3.8) is 0 Å². The predicted molar refractivity (Wildman–Crippen MR) is 44.3 cm³/mol. The summed E-state index contributed by atoms with van der Waals surface area (Å²) >= 11 is 0. The summed E-state index contributed by atoms with van der Waals surface area (Å²) in [6, 6.07) is 0. The molecule has 3 nitrogen and oxygen atoms in total. The Labute approximate surface area is 68.4 Å². The summed E-state index contributed by atoms with van der Waals surface area (Å²) in [7, 11) is 0. The smallest absolute Gasteiger partial charge is 0.305 e. The first-order chi connectivity index (χ1) is 5.22. The summed E-state index contributed by atoms with van der Waals surface area (Å²) in [6.45, 7) is 6.20. The highest BCUT2D eigenvalue weighted by atomic mass is 16.5. The van der Waals surface area contributed by atoms with Crippen LogP contribution in [0.15, 0.2) is 0 Å². The Bertz CT molecular complexity index is 73.4. The first-order valence-corrected chi connectivity index (χ1v) is 3.99. The van der Waals surface area contributed by atoms with Crippen molar-refractivity contribution >= 4 is 5.97 Å². The second-order valence-electron chi connectivity index (χ2n) is 1.87. The third-order valence-corrected chi connectivity index (χ3v) is 0.759. The van der Waals surface area contributed by atoms with Crippen molar-refractivity contribution in [2.24, 2.45) is 0 Å². The summed E-state index contributed by atoms with van der Waals surface area (Å²) in [6.07, 6.45) is 1.42. The number of carbonyl (C=O) groups is 1. The molecule has 0 atom stereocenters. The van der Waals surface area contributed by atoms with Crippen LogP contribution < -0.4 is 0 Å². The molecule has 0 saturated heterocycles. The molecule has 0 aromatic heterocycles. The van der Waals surface area contributed by atoms with Crippen molar-refractivity contribution in [2.75, 3.05) is 13.2 Å². The van der Waals surface area contributed by atoms with Crippen LogP contribution in [-0.4, -0.2) is 24.3 Å². The highest BCUT2D eigenvalue weighted by Crippen LogP contribution is 1.89. The summed E-state index contributed by atoms with van der Waals surface area (Å²) < 4.78 is 4.64. The zero-order valence-corrected chi connectivity index (χ0v) is 7.59. The molecule has 0 aliphatic carbocycles. The molecule has 0 rings (SSSR count). The lowest BCUT2D eigenvalue weighted by Gasteiger charge is -1.96. The maximum Gasteiger partial charge on any atom is 0.305 e. The topological polar surface area (TPSA) is 46.5 Å². The zero-order valence-electron chi connectivity index (χ0n) is 7.59. The van der Waals surface area contributed by atoms with E-state index in [2.05, 4.69) is 4.74 Å². The first kappa shape index (κ1) is 13.1. The Hall–Kier alpha value is -0.570. The highest BCUT2D eigenvalue weighted by Gasteiger charge is 1.95. The quantitative estimate of drug-likeness (QED) is 0.637. The van der Waals surface area contributed by atoms with E-state index in [-0.39, 0.29) is 12.6 Å². The molecule has 0 fully saturated rings. The van der Waals surface area contributed by atoms with Gasteiger partial charge in [-0.15, -0.1) is 0 Å². The lowest BCUT2D eigenvalue weighted by molar-refractivity contribution is -0.143. The van der Waals surface area contributed by atoms with Gasteiger partial charge in [0.1, 0.15) is 0 Å². The molecule has 0 aliphatic heterocycles. The summed E-state index contributed by atoms with van der Waals surface area (Å²) in [5.41, 5.74) is 0. The van der Waals surface area contributed by atoms with Crippen LogP contribution in [0.1, 0.15) is 33.6 Å². The maximum atomic E-state index is 10.4. The minimum Gasteiger partial charge on any atom is -0.466 e. The number of aliphatic hydroxyl groups is 1. The molecule has 0 aliphatic rings. The number of ether oxygens (including phenoxy) is 1. The third kappa shape index (κ3) is 17.7. The molecule has 0 radical (unpaired) electrons. The van der Waals surface area contributed by atoms with Gasteiger partial charge in [0.05, 0.1) is 6.61 Å². The average molecular weight is 162 g/mol. The predicted octanol–water partition coefficient (Wildman–Crippen LogP) is 1.35. The molecule has 0 aromatic rings. The number of aliphatic hydroxyl groups excluding tert-OH is 1. The van der Waals surface area contributed by atoms with Gasteiger partial charge in [0, 0.05) is 13.0 Å². The number of carbonyl (C=O) groups excluding carboxylic acids is 1.